The Morgan fingerprint density at radius 2 is 1.86 bits per heavy atom. The van der Waals surface area contributed by atoms with Crippen LogP contribution in [0.3, 0.4) is 0 Å². The first-order valence-corrected chi connectivity index (χ1v) is 7.37. The summed E-state index contributed by atoms with van der Waals surface area (Å²) in [5, 5.41) is 4.16. The minimum atomic E-state index is 0.0293. The molecule has 0 radical (unpaired) electrons. The smallest absolute Gasteiger partial charge is 0.125 e. The minimum absolute atomic E-state index is 0.0293. The van der Waals surface area contributed by atoms with E-state index < -0.39 is 0 Å². The van der Waals surface area contributed by atoms with Gasteiger partial charge in [-0.25, -0.2) is 0 Å². The van der Waals surface area contributed by atoms with Crippen molar-refractivity contribution in [2.45, 2.75) is 39.5 Å². The highest BCUT2D eigenvalue weighted by atomic mass is 35.5. The summed E-state index contributed by atoms with van der Waals surface area (Å²) in [5.41, 5.74) is 2.10. The SMILES string of the molecule is CC(C)(C)NCc1c(Cl)cccc1OCc1ccncc1. The number of nitrogens with one attached hydrogen (secondary N) is 1. The van der Waals surface area contributed by atoms with Crippen LogP contribution in [0.1, 0.15) is 31.9 Å². The summed E-state index contributed by atoms with van der Waals surface area (Å²) in [6.07, 6.45) is 3.53. The van der Waals surface area contributed by atoms with E-state index in [1.165, 1.54) is 0 Å². The van der Waals surface area contributed by atoms with Crippen LogP contribution in [0, 0.1) is 0 Å². The Bertz CT molecular complexity index is 579. The van der Waals surface area contributed by atoms with Crippen molar-refractivity contribution in [3.05, 3.63) is 58.9 Å². The number of rotatable bonds is 5. The van der Waals surface area contributed by atoms with Crippen molar-refractivity contribution >= 4 is 11.6 Å². The van der Waals surface area contributed by atoms with E-state index in [1.54, 1.807) is 12.4 Å². The van der Waals surface area contributed by atoms with Crippen molar-refractivity contribution in [2.24, 2.45) is 0 Å². The van der Waals surface area contributed by atoms with Crippen molar-refractivity contribution in [3.63, 3.8) is 0 Å². The van der Waals surface area contributed by atoms with E-state index in [0.29, 0.717) is 13.2 Å². The lowest BCUT2D eigenvalue weighted by molar-refractivity contribution is 0.300. The monoisotopic (exact) mass is 304 g/mol. The molecule has 112 valence electrons. The third kappa shape index (κ3) is 5.03. The molecule has 3 nitrogen and oxygen atoms in total. The van der Waals surface area contributed by atoms with Crippen LogP contribution >= 0.6 is 11.6 Å². The minimum Gasteiger partial charge on any atom is -0.489 e. The Hall–Kier alpha value is -1.58. The number of pyridine rings is 1. The molecule has 1 aromatic carbocycles. The molecule has 0 bridgehead atoms. The van der Waals surface area contributed by atoms with Gasteiger partial charge in [0.25, 0.3) is 0 Å². The van der Waals surface area contributed by atoms with Gasteiger partial charge in [0.2, 0.25) is 0 Å². The Balaban J connectivity index is 2.10. The fraction of sp³-hybridized carbons (Fsp3) is 0.353. The number of ether oxygens (including phenoxy) is 1. The fourth-order valence-electron chi connectivity index (χ4n) is 1.84. The van der Waals surface area contributed by atoms with Crippen molar-refractivity contribution in [1.29, 1.82) is 0 Å². The number of aromatic nitrogens is 1. The summed E-state index contributed by atoms with van der Waals surface area (Å²) in [6, 6.07) is 9.63. The molecule has 21 heavy (non-hydrogen) atoms. The Morgan fingerprint density at radius 1 is 1.14 bits per heavy atom. The standard InChI is InChI=1S/C17H21ClN2O/c1-17(2,3)20-11-14-15(18)5-4-6-16(14)21-12-13-7-9-19-10-8-13/h4-10,20H,11-12H2,1-3H3. The van der Waals surface area contributed by atoms with Gasteiger partial charge < -0.3 is 10.1 Å². The first-order valence-electron chi connectivity index (χ1n) is 7.00. The molecule has 0 saturated heterocycles. The van der Waals surface area contributed by atoms with Crippen LogP contribution in [0.25, 0.3) is 0 Å². The van der Waals surface area contributed by atoms with Gasteiger partial charge in [-0.2, -0.15) is 0 Å². The van der Waals surface area contributed by atoms with Crippen molar-refractivity contribution in [1.82, 2.24) is 10.3 Å². The van der Waals surface area contributed by atoms with Gasteiger partial charge in [0.1, 0.15) is 12.4 Å². The summed E-state index contributed by atoms with van der Waals surface area (Å²) >= 11 is 6.31. The van der Waals surface area contributed by atoms with Crippen LogP contribution < -0.4 is 10.1 Å². The van der Waals surface area contributed by atoms with Crippen LogP contribution in [0.2, 0.25) is 5.02 Å². The van der Waals surface area contributed by atoms with Crippen molar-refractivity contribution in [2.75, 3.05) is 0 Å². The molecule has 0 atom stereocenters. The van der Waals surface area contributed by atoms with Crippen LogP contribution in [0.15, 0.2) is 42.7 Å². The maximum absolute atomic E-state index is 6.31. The second-order valence-corrected chi connectivity index (χ2v) is 6.37. The summed E-state index contributed by atoms with van der Waals surface area (Å²) < 4.78 is 5.92. The van der Waals surface area contributed by atoms with E-state index in [9.17, 15) is 0 Å². The van der Waals surface area contributed by atoms with Crippen molar-refractivity contribution in [3.8, 4) is 5.75 Å². The van der Waals surface area contributed by atoms with Gasteiger partial charge in [-0.3, -0.25) is 4.98 Å². The summed E-state index contributed by atoms with van der Waals surface area (Å²) in [4.78, 5) is 4.00. The second kappa shape index (κ2) is 6.92. The predicted octanol–water partition coefficient (Wildman–Crippen LogP) is 4.20. The highest BCUT2D eigenvalue weighted by molar-refractivity contribution is 6.31. The molecular weight excluding hydrogens is 284 g/mol. The molecule has 1 aromatic heterocycles. The average molecular weight is 305 g/mol. The maximum atomic E-state index is 6.31. The van der Waals surface area contributed by atoms with Crippen molar-refractivity contribution < 1.29 is 4.74 Å². The molecule has 0 spiro atoms. The average Bonchev–Trinajstić information content (AvgIpc) is 2.44. The molecule has 1 N–H and O–H groups in total. The number of benzene rings is 1. The molecule has 0 aliphatic carbocycles. The molecule has 0 saturated carbocycles. The molecule has 0 fully saturated rings. The van der Waals surface area contributed by atoms with Crippen LogP contribution in [-0.2, 0) is 13.2 Å². The molecule has 2 aromatic rings. The van der Waals surface area contributed by atoms with Crippen LogP contribution in [0.4, 0.5) is 0 Å². The van der Waals surface area contributed by atoms with Gasteiger partial charge in [-0.15, -0.1) is 0 Å². The molecule has 2 rings (SSSR count). The predicted molar refractivity (Wildman–Crippen MR) is 86.6 cm³/mol. The lowest BCUT2D eigenvalue weighted by Crippen LogP contribution is -2.35. The van der Waals surface area contributed by atoms with E-state index in [4.69, 9.17) is 16.3 Å². The zero-order valence-electron chi connectivity index (χ0n) is 12.7. The number of hydrogen-bond donors (Lipinski definition) is 1. The van der Waals surface area contributed by atoms with E-state index in [2.05, 4.69) is 31.1 Å². The molecular formula is C17H21ClN2O. The molecule has 0 aliphatic heterocycles. The largest absolute Gasteiger partial charge is 0.489 e. The van der Waals surface area contributed by atoms with Gasteiger partial charge in [0.05, 0.1) is 0 Å². The molecule has 4 heteroatoms. The van der Waals surface area contributed by atoms with Gasteiger partial charge in [-0.05, 0) is 50.6 Å². The normalized spacial score (nSPS) is 11.4. The van der Waals surface area contributed by atoms with Gasteiger partial charge in [0.15, 0.2) is 0 Å². The Kier molecular flexibility index (Phi) is 5.21. The fourth-order valence-corrected chi connectivity index (χ4v) is 2.07. The summed E-state index contributed by atoms with van der Waals surface area (Å²) in [6.45, 7) is 7.56. The van der Waals surface area contributed by atoms with Gasteiger partial charge in [-0.1, -0.05) is 17.7 Å². The maximum Gasteiger partial charge on any atom is 0.125 e. The van der Waals surface area contributed by atoms with Crippen LogP contribution in [-0.4, -0.2) is 10.5 Å². The first-order chi connectivity index (χ1) is 9.96. The second-order valence-electron chi connectivity index (χ2n) is 5.96. The molecule has 1 heterocycles. The first kappa shape index (κ1) is 15.8. The van der Waals surface area contributed by atoms with E-state index in [-0.39, 0.29) is 5.54 Å². The Morgan fingerprint density at radius 3 is 2.52 bits per heavy atom. The Labute approximate surface area is 131 Å². The lowest BCUT2D eigenvalue weighted by atomic mass is 10.1. The van der Waals surface area contributed by atoms with E-state index in [1.807, 2.05) is 30.3 Å². The third-order valence-corrected chi connectivity index (χ3v) is 3.37. The summed E-state index contributed by atoms with van der Waals surface area (Å²) in [7, 11) is 0. The van der Waals surface area contributed by atoms with Gasteiger partial charge in [0, 0.05) is 35.1 Å². The van der Waals surface area contributed by atoms with E-state index >= 15 is 0 Å². The van der Waals surface area contributed by atoms with Gasteiger partial charge >= 0.3 is 0 Å². The zero-order valence-corrected chi connectivity index (χ0v) is 13.4. The van der Waals surface area contributed by atoms with Crippen LogP contribution in [0.5, 0.6) is 5.75 Å². The van der Waals surface area contributed by atoms with E-state index in [0.717, 1.165) is 21.9 Å². The topological polar surface area (TPSA) is 34.1 Å². The highest BCUT2D eigenvalue weighted by Gasteiger charge is 2.13. The molecule has 0 amide bonds. The zero-order chi connectivity index (χ0) is 15.3. The molecule has 0 unspecified atom stereocenters. The lowest BCUT2D eigenvalue weighted by Gasteiger charge is -2.22. The molecule has 0 aliphatic rings. The number of nitrogens with zero attached hydrogens (tertiary/aromatic N) is 1. The highest BCUT2D eigenvalue weighted by Crippen LogP contribution is 2.27. The third-order valence-electron chi connectivity index (χ3n) is 3.02. The summed E-state index contributed by atoms with van der Waals surface area (Å²) in [5.74, 6) is 0.816. The number of hydrogen-bond acceptors (Lipinski definition) is 3. The quantitative estimate of drug-likeness (QED) is 0.899. The number of halogens is 1.